The lowest BCUT2D eigenvalue weighted by Crippen LogP contribution is -2.39. The Morgan fingerprint density at radius 2 is 2.17 bits per heavy atom. The van der Waals surface area contributed by atoms with Crippen LogP contribution in [0.5, 0.6) is 5.75 Å². The molecule has 0 saturated carbocycles. The van der Waals surface area contributed by atoms with Gasteiger partial charge in [-0.25, -0.2) is 8.42 Å². The zero-order valence-corrected chi connectivity index (χ0v) is 14.1. The Labute approximate surface area is 135 Å². The monoisotopic (exact) mass is 345 g/mol. The number of hydrogen-bond acceptors (Lipinski definition) is 4. The molecule has 0 aliphatic carbocycles. The Kier molecular flexibility index (Phi) is 4.13. The molecule has 0 radical (unpaired) electrons. The highest BCUT2D eigenvalue weighted by Crippen LogP contribution is 2.44. The Morgan fingerprint density at radius 3 is 2.78 bits per heavy atom. The second-order valence-electron chi connectivity index (χ2n) is 6.78. The summed E-state index contributed by atoms with van der Waals surface area (Å²) in [4.78, 5) is 2.52. The summed E-state index contributed by atoms with van der Waals surface area (Å²) in [5.41, 5.74) is 0.561. The molecule has 1 aromatic rings. The third-order valence-electron chi connectivity index (χ3n) is 5.22. The molecule has 2 aliphatic rings. The highest BCUT2D eigenvalue weighted by Gasteiger charge is 2.42. The smallest absolute Gasteiger partial charge is 0.387 e. The topological polar surface area (TPSA) is 46.6 Å². The Hall–Kier alpha value is -1.21. The van der Waals surface area contributed by atoms with Gasteiger partial charge in [-0.1, -0.05) is 0 Å². The first-order chi connectivity index (χ1) is 10.7. The number of likely N-dealkylation sites (tertiary alicyclic amines) is 1. The zero-order valence-electron chi connectivity index (χ0n) is 13.3. The van der Waals surface area contributed by atoms with Crippen molar-refractivity contribution in [3.05, 3.63) is 23.8 Å². The highest BCUT2D eigenvalue weighted by molar-refractivity contribution is 7.91. The van der Waals surface area contributed by atoms with Gasteiger partial charge in [-0.15, -0.1) is 0 Å². The number of nitrogens with zero attached hydrogens (tertiary/aromatic N) is 1. The van der Waals surface area contributed by atoms with E-state index < -0.39 is 16.4 Å². The molecule has 23 heavy (non-hydrogen) atoms. The van der Waals surface area contributed by atoms with Crippen molar-refractivity contribution in [2.75, 3.05) is 19.3 Å². The average Bonchev–Trinajstić information content (AvgIpc) is 2.88. The minimum Gasteiger partial charge on any atom is -0.435 e. The molecule has 7 heteroatoms. The summed E-state index contributed by atoms with van der Waals surface area (Å²) in [6.45, 7) is 0.226. The second kappa shape index (κ2) is 5.70. The van der Waals surface area contributed by atoms with Crippen LogP contribution in [0.3, 0.4) is 0 Å². The van der Waals surface area contributed by atoms with E-state index in [1.165, 1.54) is 18.2 Å². The van der Waals surface area contributed by atoms with Crippen molar-refractivity contribution in [3.8, 4) is 5.75 Å². The van der Waals surface area contributed by atoms with E-state index in [0.717, 1.165) is 19.4 Å². The lowest BCUT2D eigenvalue weighted by Gasteiger charge is -2.34. The summed E-state index contributed by atoms with van der Waals surface area (Å²) in [5, 5.41) is 0. The third kappa shape index (κ3) is 3.08. The quantitative estimate of drug-likeness (QED) is 0.841. The van der Waals surface area contributed by atoms with Gasteiger partial charge in [0.25, 0.3) is 0 Å². The van der Waals surface area contributed by atoms with Gasteiger partial charge in [0.1, 0.15) is 5.75 Å². The predicted octanol–water partition coefficient (Wildman–Crippen LogP) is 3.03. The number of rotatable bonds is 4. The highest BCUT2D eigenvalue weighted by atomic mass is 32.2. The molecule has 4 nitrogen and oxygen atoms in total. The van der Waals surface area contributed by atoms with Gasteiger partial charge in [-0.05, 0) is 63.5 Å². The van der Waals surface area contributed by atoms with Crippen molar-refractivity contribution in [3.63, 3.8) is 0 Å². The minimum absolute atomic E-state index is 0.0192. The summed E-state index contributed by atoms with van der Waals surface area (Å²) in [5.74, 6) is -0.114. The van der Waals surface area contributed by atoms with Crippen molar-refractivity contribution in [2.45, 2.75) is 49.2 Å². The maximum Gasteiger partial charge on any atom is 0.387 e. The Morgan fingerprint density at radius 1 is 1.43 bits per heavy atom. The summed E-state index contributed by atoms with van der Waals surface area (Å²) in [6, 6.07) is 4.16. The lowest BCUT2D eigenvalue weighted by molar-refractivity contribution is -0.0499. The third-order valence-corrected chi connectivity index (χ3v) is 7.10. The van der Waals surface area contributed by atoms with Gasteiger partial charge in [0, 0.05) is 11.5 Å². The van der Waals surface area contributed by atoms with Gasteiger partial charge in [0.05, 0.1) is 10.6 Å². The van der Waals surface area contributed by atoms with Crippen LogP contribution < -0.4 is 4.74 Å². The fraction of sp³-hybridized carbons (Fsp3) is 0.625. The number of hydrogen-bond donors (Lipinski definition) is 0. The molecule has 0 bridgehead atoms. The molecule has 2 heterocycles. The minimum atomic E-state index is -3.35. The number of sulfone groups is 1. The van der Waals surface area contributed by atoms with Gasteiger partial charge in [-0.2, -0.15) is 8.78 Å². The van der Waals surface area contributed by atoms with Crippen molar-refractivity contribution < 1.29 is 21.9 Å². The molecule has 128 valence electrons. The van der Waals surface area contributed by atoms with E-state index in [-0.39, 0.29) is 27.9 Å². The first kappa shape index (κ1) is 16.6. The van der Waals surface area contributed by atoms with Crippen molar-refractivity contribution in [1.29, 1.82) is 0 Å². The maximum atomic E-state index is 12.4. The van der Waals surface area contributed by atoms with E-state index in [1.807, 2.05) is 7.05 Å². The van der Waals surface area contributed by atoms with Crippen LogP contribution in [0.4, 0.5) is 8.78 Å². The van der Waals surface area contributed by atoms with Crippen molar-refractivity contribution >= 4 is 9.84 Å². The molecule has 1 saturated heterocycles. The molecule has 2 unspecified atom stereocenters. The van der Waals surface area contributed by atoms with Gasteiger partial charge < -0.3 is 9.64 Å². The SMILES string of the molecule is CN1CCCC1(C)CC1CS(=O)(=O)c2ccc(OC(F)F)cc21. The van der Waals surface area contributed by atoms with E-state index in [0.29, 0.717) is 12.0 Å². The lowest BCUT2D eigenvalue weighted by atomic mass is 9.84. The molecule has 0 spiro atoms. The molecule has 0 amide bonds. The zero-order chi connectivity index (χ0) is 16.8. The molecule has 0 aromatic heterocycles. The number of alkyl halides is 2. The van der Waals surface area contributed by atoms with Crippen LogP contribution in [-0.2, 0) is 9.84 Å². The first-order valence-corrected chi connectivity index (χ1v) is 9.39. The average molecular weight is 345 g/mol. The number of ether oxygens (including phenoxy) is 1. The molecule has 2 aliphatic heterocycles. The fourth-order valence-electron chi connectivity index (χ4n) is 3.86. The normalized spacial score (nSPS) is 29.9. The van der Waals surface area contributed by atoms with Crippen LogP contribution in [0.2, 0.25) is 0 Å². The number of benzene rings is 1. The van der Waals surface area contributed by atoms with E-state index in [1.54, 1.807) is 0 Å². The Balaban J connectivity index is 1.93. The molecule has 1 fully saturated rings. The van der Waals surface area contributed by atoms with Gasteiger partial charge in [-0.3, -0.25) is 0 Å². The standard InChI is InChI=1S/C16H21F2NO3S/c1-16(6-3-7-19(16)2)9-11-10-23(20,21)14-5-4-12(8-13(11)14)22-15(17)18/h4-5,8,11,15H,3,6-7,9-10H2,1-2H3. The molecular formula is C16H21F2NO3S. The molecule has 2 atom stereocenters. The van der Waals surface area contributed by atoms with Crippen LogP contribution in [0, 0.1) is 0 Å². The van der Waals surface area contributed by atoms with E-state index in [4.69, 9.17) is 0 Å². The predicted molar refractivity (Wildman–Crippen MR) is 82.8 cm³/mol. The summed E-state index contributed by atoms with van der Waals surface area (Å²) < 4.78 is 54.0. The van der Waals surface area contributed by atoms with E-state index >= 15 is 0 Å². The van der Waals surface area contributed by atoms with Crippen molar-refractivity contribution in [1.82, 2.24) is 4.90 Å². The largest absolute Gasteiger partial charge is 0.435 e. The van der Waals surface area contributed by atoms with Crippen LogP contribution in [0.15, 0.2) is 23.1 Å². The second-order valence-corrected chi connectivity index (χ2v) is 8.79. The molecule has 3 rings (SSSR count). The fourth-order valence-corrected chi connectivity index (χ4v) is 5.73. The molecule has 1 aromatic carbocycles. The Bertz CT molecular complexity index is 707. The van der Waals surface area contributed by atoms with Gasteiger partial charge >= 0.3 is 6.61 Å². The van der Waals surface area contributed by atoms with Crippen molar-refractivity contribution in [2.24, 2.45) is 0 Å². The first-order valence-electron chi connectivity index (χ1n) is 7.74. The summed E-state index contributed by atoms with van der Waals surface area (Å²) >= 11 is 0. The maximum absolute atomic E-state index is 12.4. The number of halogens is 2. The van der Waals surface area contributed by atoms with Crippen LogP contribution in [0.1, 0.15) is 37.7 Å². The summed E-state index contributed by atoms with van der Waals surface area (Å²) in [6.07, 6.45) is 2.81. The van der Waals surface area contributed by atoms with Crippen LogP contribution in [-0.4, -0.2) is 44.8 Å². The number of fused-ring (bicyclic) bond motifs is 1. The van der Waals surface area contributed by atoms with E-state index in [9.17, 15) is 17.2 Å². The van der Waals surface area contributed by atoms with Crippen LogP contribution in [0.25, 0.3) is 0 Å². The van der Waals surface area contributed by atoms with Gasteiger partial charge in [0.15, 0.2) is 9.84 Å². The van der Waals surface area contributed by atoms with Gasteiger partial charge in [0.2, 0.25) is 0 Å². The van der Waals surface area contributed by atoms with Crippen LogP contribution >= 0.6 is 0 Å². The summed E-state index contributed by atoms with van der Waals surface area (Å²) in [7, 11) is -1.30. The molecule has 0 N–H and O–H groups in total. The molecular weight excluding hydrogens is 324 g/mol. The van der Waals surface area contributed by atoms with E-state index in [2.05, 4.69) is 16.6 Å².